The Labute approximate surface area is 70.7 Å². The van der Waals surface area contributed by atoms with Gasteiger partial charge in [0.2, 0.25) is 0 Å². The molecule has 1 N–H and O–H groups in total. The summed E-state index contributed by atoms with van der Waals surface area (Å²) in [5.41, 5.74) is 0. The van der Waals surface area contributed by atoms with Crippen LogP contribution in [-0.4, -0.2) is 26.7 Å². The molecule has 0 rings (SSSR count). The van der Waals surface area contributed by atoms with E-state index in [1.165, 1.54) is 7.11 Å². The largest absolute Gasteiger partial charge is 0.329 e. The van der Waals surface area contributed by atoms with Gasteiger partial charge in [-0.2, -0.15) is 0 Å². The summed E-state index contributed by atoms with van der Waals surface area (Å²) in [6, 6.07) is 1.07. The summed E-state index contributed by atoms with van der Waals surface area (Å²) in [6.45, 7) is 7.42. The highest BCUT2D eigenvalue weighted by Crippen LogP contribution is 2.31. The third-order valence-electron chi connectivity index (χ3n) is 1.21. The molecule has 1 unspecified atom stereocenters. The topological polar surface area (TPSA) is 38.7 Å². The zero-order chi connectivity index (χ0) is 8.91. The van der Waals surface area contributed by atoms with Crippen LogP contribution in [0.25, 0.3) is 0 Å². The second-order valence-electron chi connectivity index (χ2n) is 3.56. The van der Waals surface area contributed by atoms with Gasteiger partial charge >= 0.3 is 8.60 Å². The SMILES string of the molecule is COP(O)OCC[Si](C)(C)C. The molecule has 0 heterocycles. The van der Waals surface area contributed by atoms with Crippen LogP contribution in [0.15, 0.2) is 0 Å². The van der Waals surface area contributed by atoms with Gasteiger partial charge < -0.3 is 13.9 Å². The Morgan fingerprint density at radius 3 is 2.27 bits per heavy atom. The molecule has 0 saturated carbocycles. The van der Waals surface area contributed by atoms with E-state index in [0.717, 1.165) is 6.04 Å². The lowest BCUT2D eigenvalue weighted by Gasteiger charge is -2.15. The molecule has 0 radical (unpaired) electrons. The van der Waals surface area contributed by atoms with E-state index in [2.05, 4.69) is 24.2 Å². The van der Waals surface area contributed by atoms with Crippen molar-refractivity contribution in [3.63, 3.8) is 0 Å². The lowest BCUT2D eigenvalue weighted by Crippen LogP contribution is -2.21. The molecule has 0 amide bonds. The van der Waals surface area contributed by atoms with Crippen LogP contribution in [0.5, 0.6) is 0 Å². The van der Waals surface area contributed by atoms with Crippen molar-refractivity contribution in [1.29, 1.82) is 0 Å². The fraction of sp³-hybridized carbons (Fsp3) is 1.00. The molecule has 0 aliphatic carbocycles. The highest BCUT2D eigenvalue weighted by molar-refractivity contribution is 7.40. The molecule has 0 saturated heterocycles. The van der Waals surface area contributed by atoms with E-state index in [1.807, 2.05) is 0 Å². The molecule has 0 aromatic heterocycles. The molecule has 68 valence electrons. The maximum Gasteiger partial charge on any atom is 0.329 e. The van der Waals surface area contributed by atoms with Gasteiger partial charge in [0.1, 0.15) is 0 Å². The molecule has 3 nitrogen and oxygen atoms in total. The van der Waals surface area contributed by atoms with Crippen molar-refractivity contribution < 1.29 is 13.9 Å². The summed E-state index contributed by atoms with van der Waals surface area (Å²) in [5.74, 6) is 0. The molecule has 0 aromatic carbocycles. The Hall–Kier alpha value is 0.527. The van der Waals surface area contributed by atoms with Gasteiger partial charge in [-0.1, -0.05) is 19.6 Å². The van der Waals surface area contributed by atoms with Crippen LogP contribution >= 0.6 is 8.60 Å². The molecular formula is C6H17O3PSi. The highest BCUT2D eigenvalue weighted by atomic mass is 31.2. The van der Waals surface area contributed by atoms with Crippen LogP contribution in [0.4, 0.5) is 0 Å². The number of hydrogen-bond donors (Lipinski definition) is 1. The number of rotatable bonds is 5. The molecule has 1 atom stereocenters. The van der Waals surface area contributed by atoms with Crippen LogP contribution in [0.2, 0.25) is 25.7 Å². The van der Waals surface area contributed by atoms with Gasteiger partial charge in [-0.15, -0.1) is 0 Å². The van der Waals surface area contributed by atoms with Crippen molar-refractivity contribution in [3.8, 4) is 0 Å². The Morgan fingerprint density at radius 2 is 1.91 bits per heavy atom. The predicted molar refractivity (Wildman–Crippen MR) is 50.3 cm³/mol. The predicted octanol–water partition coefficient (Wildman–Crippen LogP) is 2.21. The van der Waals surface area contributed by atoms with Crippen molar-refractivity contribution >= 4 is 16.7 Å². The molecule has 11 heavy (non-hydrogen) atoms. The molecule has 5 heteroatoms. The van der Waals surface area contributed by atoms with Crippen LogP contribution in [0.3, 0.4) is 0 Å². The third kappa shape index (κ3) is 8.43. The minimum atomic E-state index is -1.61. The van der Waals surface area contributed by atoms with Gasteiger partial charge in [-0.25, -0.2) is 0 Å². The Morgan fingerprint density at radius 1 is 1.36 bits per heavy atom. The van der Waals surface area contributed by atoms with Crippen molar-refractivity contribution in [2.24, 2.45) is 0 Å². The molecule has 0 aromatic rings. The van der Waals surface area contributed by atoms with Crippen molar-refractivity contribution in [3.05, 3.63) is 0 Å². The van der Waals surface area contributed by atoms with E-state index >= 15 is 0 Å². The first-order valence-corrected chi connectivity index (χ1v) is 8.45. The minimum Gasteiger partial charge on any atom is -0.328 e. The fourth-order valence-electron chi connectivity index (χ4n) is 0.483. The van der Waals surface area contributed by atoms with Gasteiger partial charge in [0.15, 0.2) is 0 Å². The van der Waals surface area contributed by atoms with E-state index < -0.39 is 16.7 Å². The van der Waals surface area contributed by atoms with E-state index in [-0.39, 0.29) is 0 Å². The van der Waals surface area contributed by atoms with Gasteiger partial charge in [0, 0.05) is 15.2 Å². The smallest absolute Gasteiger partial charge is 0.328 e. The fourth-order valence-corrected chi connectivity index (χ4v) is 1.72. The van der Waals surface area contributed by atoms with Crippen molar-refractivity contribution in [1.82, 2.24) is 0 Å². The van der Waals surface area contributed by atoms with Crippen LogP contribution in [-0.2, 0) is 9.05 Å². The Bertz CT molecular complexity index is 104. The first kappa shape index (κ1) is 11.5. The monoisotopic (exact) mass is 196 g/mol. The quantitative estimate of drug-likeness (QED) is 0.541. The van der Waals surface area contributed by atoms with Crippen molar-refractivity contribution in [2.45, 2.75) is 25.7 Å². The standard InChI is InChI=1S/C6H17O3PSi/c1-8-10(7)9-5-6-11(2,3)4/h7H,5-6H2,1-4H3. The van der Waals surface area contributed by atoms with Gasteiger partial charge in [-0.3, -0.25) is 0 Å². The average molecular weight is 196 g/mol. The van der Waals surface area contributed by atoms with E-state index in [0.29, 0.717) is 6.61 Å². The maximum atomic E-state index is 8.89. The molecule has 0 spiro atoms. The number of hydrogen-bond acceptors (Lipinski definition) is 3. The lowest BCUT2D eigenvalue weighted by molar-refractivity contribution is 0.239. The molecule has 0 aliphatic rings. The summed E-state index contributed by atoms with van der Waals surface area (Å²) in [7, 11) is -1.18. The second-order valence-corrected chi connectivity index (χ2v) is 10.3. The zero-order valence-corrected chi connectivity index (χ0v) is 9.52. The van der Waals surface area contributed by atoms with Crippen LogP contribution in [0, 0.1) is 0 Å². The first-order valence-electron chi connectivity index (χ1n) is 3.62. The summed E-state index contributed by atoms with van der Waals surface area (Å²) in [6.07, 6.45) is 0. The summed E-state index contributed by atoms with van der Waals surface area (Å²) in [4.78, 5) is 8.89. The molecular weight excluding hydrogens is 179 g/mol. The lowest BCUT2D eigenvalue weighted by atomic mass is 10.9. The Kier molecular flexibility index (Phi) is 5.47. The zero-order valence-electron chi connectivity index (χ0n) is 7.63. The van der Waals surface area contributed by atoms with Gasteiger partial charge in [-0.05, 0) is 6.04 Å². The van der Waals surface area contributed by atoms with Gasteiger partial charge in [0.25, 0.3) is 0 Å². The van der Waals surface area contributed by atoms with E-state index in [4.69, 9.17) is 9.42 Å². The van der Waals surface area contributed by atoms with E-state index in [1.54, 1.807) is 0 Å². The van der Waals surface area contributed by atoms with E-state index in [9.17, 15) is 0 Å². The molecule has 0 aliphatic heterocycles. The van der Waals surface area contributed by atoms with Crippen LogP contribution < -0.4 is 0 Å². The van der Waals surface area contributed by atoms with Crippen molar-refractivity contribution in [2.75, 3.05) is 13.7 Å². The van der Waals surface area contributed by atoms with Crippen LogP contribution in [0.1, 0.15) is 0 Å². The second kappa shape index (κ2) is 5.22. The molecule has 0 bridgehead atoms. The summed E-state index contributed by atoms with van der Waals surface area (Å²) in [5, 5.41) is 0. The highest BCUT2D eigenvalue weighted by Gasteiger charge is 2.13. The minimum absolute atomic E-state index is 0.617. The van der Waals surface area contributed by atoms with Gasteiger partial charge in [0.05, 0.1) is 6.61 Å². The third-order valence-corrected chi connectivity index (χ3v) is 3.63. The summed E-state index contributed by atoms with van der Waals surface area (Å²) < 4.78 is 9.58. The normalized spacial score (nSPS) is 15.0. The first-order chi connectivity index (χ1) is 4.95. The average Bonchev–Trinajstić information content (AvgIpc) is 1.85. The maximum absolute atomic E-state index is 8.89. The summed E-state index contributed by atoms with van der Waals surface area (Å²) >= 11 is 0. The molecule has 0 fully saturated rings. The Balaban J connectivity index is 3.28.